The summed E-state index contributed by atoms with van der Waals surface area (Å²) in [4.78, 5) is 39.4. The van der Waals surface area contributed by atoms with Gasteiger partial charge in [0.2, 0.25) is 0 Å². The molecule has 0 bridgehead atoms. The van der Waals surface area contributed by atoms with Crippen molar-refractivity contribution in [3.63, 3.8) is 0 Å². The lowest BCUT2D eigenvalue weighted by Gasteiger charge is -2.43. The highest BCUT2D eigenvalue weighted by Crippen LogP contribution is 2.30. The first-order valence-corrected chi connectivity index (χ1v) is 12.8. The molecule has 11 nitrogen and oxygen atoms in total. The maximum absolute atomic E-state index is 13.3. The van der Waals surface area contributed by atoms with Crippen LogP contribution in [0.1, 0.15) is 21.9 Å². The Labute approximate surface area is 225 Å². The minimum Gasteiger partial charge on any atom is -0.382 e. The molecule has 0 atom stereocenters. The SMILES string of the molecule is Cc1cnc2ccc(-c3nc(C(=O)NCc4cccc(N5CC(N(C)C)C5)n4)c(N)nc3-c3ccc[nH]3)cn12. The summed E-state index contributed by atoms with van der Waals surface area (Å²) in [6, 6.07) is 14.0. The number of H-pyrrole nitrogens is 1. The molecule has 0 unspecified atom stereocenters. The number of anilines is 2. The van der Waals surface area contributed by atoms with Crippen molar-refractivity contribution < 1.29 is 4.79 Å². The van der Waals surface area contributed by atoms with Gasteiger partial charge in [0.1, 0.15) is 22.9 Å². The smallest absolute Gasteiger partial charge is 0.274 e. The second-order valence-electron chi connectivity index (χ2n) is 9.98. The molecule has 39 heavy (non-hydrogen) atoms. The molecule has 0 aromatic carbocycles. The fourth-order valence-electron chi connectivity index (χ4n) is 4.69. The number of aryl methyl sites for hydroxylation is 1. The van der Waals surface area contributed by atoms with Crippen molar-refractivity contribution in [1.29, 1.82) is 0 Å². The number of fused-ring (bicyclic) bond motifs is 1. The molecule has 4 N–H and O–H groups in total. The van der Waals surface area contributed by atoms with Crippen LogP contribution < -0.4 is 16.0 Å². The highest BCUT2D eigenvalue weighted by atomic mass is 16.1. The highest BCUT2D eigenvalue weighted by molar-refractivity contribution is 5.97. The van der Waals surface area contributed by atoms with Crippen molar-refractivity contribution in [2.75, 3.05) is 37.8 Å². The summed E-state index contributed by atoms with van der Waals surface area (Å²) in [5.74, 6) is 0.544. The number of nitrogens with one attached hydrogen (secondary N) is 2. The van der Waals surface area contributed by atoms with Gasteiger partial charge in [-0.05, 0) is 57.4 Å². The van der Waals surface area contributed by atoms with E-state index in [0.29, 0.717) is 17.4 Å². The summed E-state index contributed by atoms with van der Waals surface area (Å²) in [5, 5.41) is 2.92. The van der Waals surface area contributed by atoms with Crippen molar-refractivity contribution in [3.8, 4) is 22.6 Å². The Morgan fingerprint density at radius 3 is 2.72 bits per heavy atom. The number of carbonyl (C=O) groups is 1. The molecule has 1 aliphatic heterocycles. The van der Waals surface area contributed by atoms with Crippen molar-refractivity contribution in [2.45, 2.75) is 19.5 Å². The highest BCUT2D eigenvalue weighted by Gasteiger charge is 2.29. The van der Waals surface area contributed by atoms with E-state index in [1.165, 1.54) is 0 Å². The van der Waals surface area contributed by atoms with Crippen LogP contribution in [-0.4, -0.2) is 73.4 Å². The van der Waals surface area contributed by atoms with Crippen molar-refractivity contribution in [2.24, 2.45) is 0 Å². The van der Waals surface area contributed by atoms with Gasteiger partial charge in [-0.25, -0.2) is 19.9 Å². The number of nitrogen functional groups attached to an aromatic ring is 1. The standard InChI is InChI=1S/C28H30N10O/c1-17-12-31-22-10-9-18(14-38(17)22)24-25(21-7-5-11-30-21)35-27(29)26(34-24)28(39)32-13-19-6-4-8-23(33-19)37-15-20(16-37)36(2)3/h4-12,14,20,30H,13,15-16H2,1-3H3,(H2,29,35)(H,32,39). The van der Waals surface area contributed by atoms with E-state index in [0.717, 1.165) is 47.2 Å². The maximum Gasteiger partial charge on any atom is 0.274 e. The minimum atomic E-state index is -0.414. The van der Waals surface area contributed by atoms with Gasteiger partial charge in [-0.15, -0.1) is 0 Å². The number of hydrogen-bond acceptors (Lipinski definition) is 8. The van der Waals surface area contributed by atoms with Crippen LogP contribution in [0.15, 0.2) is 61.1 Å². The number of likely N-dealkylation sites (N-methyl/N-ethyl adjacent to an activating group) is 1. The molecule has 5 aromatic heterocycles. The Hall–Kier alpha value is -4.77. The number of nitrogens with zero attached hydrogens (tertiary/aromatic N) is 7. The van der Waals surface area contributed by atoms with Gasteiger partial charge in [0.15, 0.2) is 11.5 Å². The Morgan fingerprint density at radius 1 is 1.10 bits per heavy atom. The van der Waals surface area contributed by atoms with Crippen LogP contribution in [0.25, 0.3) is 28.3 Å². The van der Waals surface area contributed by atoms with Crippen LogP contribution in [0.5, 0.6) is 0 Å². The predicted octanol–water partition coefficient (Wildman–Crippen LogP) is 2.75. The van der Waals surface area contributed by atoms with E-state index in [4.69, 9.17) is 15.7 Å². The topological polar surface area (TPSA) is 133 Å². The number of carbonyl (C=O) groups excluding carboxylic acids is 1. The summed E-state index contributed by atoms with van der Waals surface area (Å²) < 4.78 is 1.98. The molecule has 1 amide bonds. The van der Waals surface area contributed by atoms with E-state index in [9.17, 15) is 4.79 Å². The largest absolute Gasteiger partial charge is 0.382 e. The average Bonchev–Trinajstić information content (AvgIpc) is 3.56. The molecule has 0 spiro atoms. The Bertz CT molecular complexity index is 1650. The second kappa shape index (κ2) is 9.84. The Balaban J connectivity index is 1.27. The summed E-state index contributed by atoms with van der Waals surface area (Å²) in [5.41, 5.74) is 11.6. The van der Waals surface area contributed by atoms with Crippen LogP contribution in [0.4, 0.5) is 11.6 Å². The molecule has 5 aromatic rings. The first kappa shape index (κ1) is 24.6. The molecule has 6 heterocycles. The van der Waals surface area contributed by atoms with Gasteiger partial charge in [0, 0.05) is 49.0 Å². The third-order valence-electron chi connectivity index (χ3n) is 7.09. The van der Waals surface area contributed by atoms with E-state index in [-0.39, 0.29) is 18.1 Å². The number of amides is 1. The van der Waals surface area contributed by atoms with Crippen molar-refractivity contribution >= 4 is 23.2 Å². The lowest BCUT2D eigenvalue weighted by atomic mass is 10.1. The number of hydrogen-bond donors (Lipinski definition) is 3. The molecule has 6 rings (SSSR count). The first-order chi connectivity index (χ1) is 18.9. The zero-order valence-electron chi connectivity index (χ0n) is 22.1. The summed E-state index contributed by atoms with van der Waals surface area (Å²) >= 11 is 0. The summed E-state index contributed by atoms with van der Waals surface area (Å²) in [7, 11) is 4.17. The molecule has 1 aliphatic rings. The predicted molar refractivity (Wildman–Crippen MR) is 150 cm³/mol. The molecular weight excluding hydrogens is 492 g/mol. The second-order valence-corrected chi connectivity index (χ2v) is 9.98. The van der Waals surface area contributed by atoms with Gasteiger partial charge in [-0.2, -0.15) is 0 Å². The number of imidazole rings is 1. The average molecular weight is 523 g/mol. The molecule has 11 heteroatoms. The molecule has 198 valence electrons. The van der Waals surface area contributed by atoms with Gasteiger partial charge < -0.3 is 30.2 Å². The van der Waals surface area contributed by atoms with Crippen LogP contribution in [0.3, 0.4) is 0 Å². The number of rotatable bonds is 7. The molecule has 1 saturated heterocycles. The number of pyridine rings is 2. The van der Waals surface area contributed by atoms with Crippen molar-refractivity contribution in [3.05, 3.63) is 78.1 Å². The fourth-order valence-corrected chi connectivity index (χ4v) is 4.69. The van der Waals surface area contributed by atoms with Crippen molar-refractivity contribution in [1.82, 2.24) is 39.5 Å². The van der Waals surface area contributed by atoms with Gasteiger partial charge >= 0.3 is 0 Å². The monoisotopic (exact) mass is 522 g/mol. The van der Waals surface area contributed by atoms with Gasteiger partial charge in [0.05, 0.1) is 17.9 Å². The first-order valence-electron chi connectivity index (χ1n) is 12.8. The van der Waals surface area contributed by atoms with Gasteiger partial charge in [0.25, 0.3) is 5.91 Å². The van der Waals surface area contributed by atoms with E-state index < -0.39 is 5.91 Å². The molecule has 0 aliphatic carbocycles. The fraction of sp³-hybridized carbons (Fsp3) is 0.250. The van der Waals surface area contributed by atoms with Gasteiger partial charge in [-0.1, -0.05) is 6.07 Å². The Kier molecular flexibility index (Phi) is 6.20. The number of aromatic amines is 1. The normalized spacial score (nSPS) is 13.7. The molecule has 0 saturated carbocycles. The maximum atomic E-state index is 13.3. The zero-order valence-corrected chi connectivity index (χ0v) is 22.1. The third kappa shape index (κ3) is 4.68. The lowest BCUT2D eigenvalue weighted by Crippen LogP contribution is -2.57. The lowest BCUT2D eigenvalue weighted by molar-refractivity contribution is 0.0946. The van der Waals surface area contributed by atoms with E-state index >= 15 is 0 Å². The molecule has 0 radical (unpaired) electrons. The van der Waals surface area contributed by atoms with Crippen LogP contribution >= 0.6 is 0 Å². The molecule has 1 fully saturated rings. The summed E-state index contributed by atoms with van der Waals surface area (Å²) in [6.07, 6.45) is 5.56. The number of aromatic nitrogens is 6. The van der Waals surface area contributed by atoms with Crippen LogP contribution in [0, 0.1) is 6.92 Å². The Morgan fingerprint density at radius 2 is 1.95 bits per heavy atom. The quantitative estimate of drug-likeness (QED) is 0.297. The zero-order chi connectivity index (χ0) is 27.1. The van der Waals surface area contributed by atoms with Crippen LogP contribution in [-0.2, 0) is 6.54 Å². The van der Waals surface area contributed by atoms with E-state index in [2.05, 4.69) is 44.2 Å². The minimum absolute atomic E-state index is 0.0535. The number of nitrogens with two attached hydrogens (primary N) is 1. The molecular formula is C28H30N10O. The third-order valence-corrected chi connectivity index (χ3v) is 7.09. The summed E-state index contributed by atoms with van der Waals surface area (Å²) in [6.45, 7) is 4.09. The van der Waals surface area contributed by atoms with Crippen LogP contribution in [0.2, 0.25) is 0 Å². The van der Waals surface area contributed by atoms with Gasteiger partial charge in [-0.3, -0.25) is 4.79 Å². The van der Waals surface area contributed by atoms with E-state index in [1.54, 1.807) is 0 Å². The van der Waals surface area contributed by atoms with E-state index in [1.807, 2.05) is 72.4 Å².